The molecule has 1 amide bonds. The predicted molar refractivity (Wildman–Crippen MR) is 73.2 cm³/mol. The van der Waals surface area contributed by atoms with Gasteiger partial charge >= 0.3 is 0 Å². The van der Waals surface area contributed by atoms with Crippen LogP contribution in [0.4, 0.5) is 0 Å². The summed E-state index contributed by atoms with van der Waals surface area (Å²) in [7, 11) is 0. The molecule has 1 N–H and O–H groups in total. The molecule has 1 aromatic heterocycles. The topological polar surface area (TPSA) is 58.4 Å². The average Bonchev–Trinajstić information content (AvgIpc) is 2.76. The van der Waals surface area contributed by atoms with Gasteiger partial charge in [-0.2, -0.15) is 0 Å². The second-order valence-electron chi connectivity index (χ2n) is 5.20. The average molecular weight is 265 g/mol. The number of rotatable bonds is 4. The highest BCUT2D eigenvalue weighted by Gasteiger charge is 2.29. The fourth-order valence-electron chi connectivity index (χ4n) is 2.72. The van der Waals surface area contributed by atoms with Crippen molar-refractivity contribution in [3.63, 3.8) is 0 Å². The lowest BCUT2D eigenvalue weighted by molar-refractivity contribution is 0.0646. The molecule has 106 valence electrons. The van der Waals surface area contributed by atoms with Crippen LogP contribution in [0.3, 0.4) is 0 Å². The van der Waals surface area contributed by atoms with Gasteiger partial charge in [0, 0.05) is 19.1 Å². The molecule has 1 aliphatic heterocycles. The Kier molecular flexibility index (Phi) is 4.58. The van der Waals surface area contributed by atoms with E-state index in [1.807, 2.05) is 11.8 Å². The van der Waals surface area contributed by atoms with E-state index in [2.05, 4.69) is 17.4 Å². The van der Waals surface area contributed by atoms with Crippen LogP contribution in [0, 0.1) is 13.8 Å². The van der Waals surface area contributed by atoms with E-state index in [1.165, 1.54) is 0 Å². The third-order valence-electron chi connectivity index (χ3n) is 3.68. The fourth-order valence-corrected chi connectivity index (χ4v) is 2.72. The highest BCUT2D eigenvalue weighted by atomic mass is 16.5. The number of aromatic nitrogens is 1. The summed E-state index contributed by atoms with van der Waals surface area (Å²) in [4.78, 5) is 14.7. The first-order chi connectivity index (χ1) is 9.15. The Bertz CT molecular complexity index is 416. The van der Waals surface area contributed by atoms with Crippen LogP contribution in [0.15, 0.2) is 4.52 Å². The van der Waals surface area contributed by atoms with E-state index in [-0.39, 0.29) is 11.9 Å². The molecular formula is C14H23N3O2. The van der Waals surface area contributed by atoms with Gasteiger partial charge in [-0.1, -0.05) is 12.1 Å². The molecule has 0 spiro atoms. The van der Waals surface area contributed by atoms with Crippen molar-refractivity contribution in [3.05, 3.63) is 17.0 Å². The van der Waals surface area contributed by atoms with Crippen LogP contribution >= 0.6 is 0 Å². The van der Waals surface area contributed by atoms with Crippen molar-refractivity contribution in [2.45, 2.75) is 46.1 Å². The Balaban J connectivity index is 2.20. The number of carbonyl (C=O) groups excluding carboxylic acids is 1. The van der Waals surface area contributed by atoms with E-state index in [1.54, 1.807) is 6.92 Å². The van der Waals surface area contributed by atoms with Gasteiger partial charge in [-0.15, -0.1) is 0 Å². The first-order valence-electron chi connectivity index (χ1n) is 7.09. The summed E-state index contributed by atoms with van der Waals surface area (Å²) in [6, 6.07) is 0.287. The van der Waals surface area contributed by atoms with Gasteiger partial charge in [-0.3, -0.25) is 4.79 Å². The van der Waals surface area contributed by atoms with E-state index in [9.17, 15) is 4.79 Å². The summed E-state index contributed by atoms with van der Waals surface area (Å²) in [6.45, 7) is 8.45. The summed E-state index contributed by atoms with van der Waals surface area (Å²) in [5.41, 5.74) is 1.33. The summed E-state index contributed by atoms with van der Waals surface area (Å²) >= 11 is 0. The van der Waals surface area contributed by atoms with Crippen LogP contribution in [-0.4, -0.2) is 41.6 Å². The quantitative estimate of drug-likeness (QED) is 0.903. The normalized spacial score (nSPS) is 19.4. The first-order valence-corrected chi connectivity index (χ1v) is 7.09. The second kappa shape index (κ2) is 6.19. The van der Waals surface area contributed by atoms with Crippen LogP contribution < -0.4 is 5.32 Å². The van der Waals surface area contributed by atoms with Crippen molar-refractivity contribution >= 4 is 5.91 Å². The Morgan fingerprint density at radius 3 is 2.84 bits per heavy atom. The zero-order valence-corrected chi connectivity index (χ0v) is 12.0. The van der Waals surface area contributed by atoms with E-state index >= 15 is 0 Å². The SMILES string of the molecule is CCCN(C(=O)c1c(C)noc1C)C1CCCNC1. The smallest absolute Gasteiger partial charge is 0.259 e. The third-order valence-corrected chi connectivity index (χ3v) is 3.68. The largest absolute Gasteiger partial charge is 0.361 e. The summed E-state index contributed by atoms with van der Waals surface area (Å²) in [5, 5.41) is 7.26. The maximum atomic E-state index is 12.7. The number of amides is 1. The number of hydrogen-bond donors (Lipinski definition) is 1. The monoisotopic (exact) mass is 265 g/mol. The molecule has 1 aliphatic rings. The third kappa shape index (κ3) is 2.97. The standard InChI is InChI=1S/C14H23N3O2/c1-4-8-17(12-6-5-7-15-9-12)14(18)13-10(2)16-19-11(13)3/h12,15H,4-9H2,1-3H3. The van der Waals surface area contributed by atoms with Gasteiger partial charge in [-0.25, -0.2) is 0 Å². The van der Waals surface area contributed by atoms with Crippen molar-refractivity contribution in [3.8, 4) is 0 Å². The van der Waals surface area contributed by atoms with Gasteiger partial charge in [-0.05, 0) is 39.7 Å². The molecule has 5 nitrogen and oxygen atoms in total. The van der Waals surface area contributed by atoms with Crippen molar-refractivity contribution in [2.75, 3.05) is 19.6 Å². The molecule has 0 aliphatic carbocycles. The Morgan fingerprint density at radius 1 is 1.53 bits per heavy atom. The summed E-state index contributed by atoms with van der Waals surface area (Å²) < 4.78 is 5.12. The van der Waals surface area contributed by atoms with Gasteiger partial charge in [0.2, 0.25) is 0 Å². The Labute approximate surface area is 114 Å². The predicted octanol–water partition coefficient (Wildman–Crippen LogP) is 1.90. The molecule has 0 aromatic carbocycles. The Hall–Kier alpha value is -1.36. The lowest BCUT2D eigenvalue weighted by atomic mass is 10.0. The number of carbonyl (C=O) groups is 1. The minimum Gasteiger partial charge on any atom is -0.361 e. The number of aryl methyl sites for hydroxylation is 2. The molecule has 2 rings (SSSR count). The van der Waals surface area contributed by atoms with Gasteiger partial charge in [0.05, 0.1) is 5.69 Å². The van der Waals surface area contributed by atoms with E-state index in [0.29, 0.717) is 17.0 Å². The number of nitrogens with zero attached hydrogens (tertiary/aromatic N) is 2. The first kappa shape index (κ1) is 14.1. The van der Waals surface area contributed by atoms with Crippen LogP contribution in [0.1, 0.15) is 48.0 Å². The fraction of sp³-hybridized carbons (Fsp3) is 0.714. The van der Waals surface area contributed by atoms with Crippen LogP contribution in [0.5, 0.6) is 0 Å². The molecule has 0 radical (unpaired) electrons. The van der Waals surface area contributed by atoms with Crippen molar-refractivity contribution < 1.29 is 9.32 Å². The molecule has 5 heteroatoms. The maximum absolute atomic E-state index is 12.7. The molecule has 0 saturated carbocycles. The minimum absolute atomic E-state index is 0.0619. The van der Waals surface area contributed by atoms with Crippen LogP contribution in [-0.2, 0) is 0 Å². The van der Waals surface area contributed by atoms with Crippen LogP contribution in [0.25, 0.3) is 0 Å². The molecule has 1 atom stereocenters. The number of piperidine rings is 1. The molecular weight excluding hydrogens is 242 g/mol. The Morgan fingerprint density at radius 2 is 2.32 bits per heavy atom. The van der Waals surface area contributed by atoms with Gasteiger partial charge in [0.15, 0.2) is 0 Å². The summed E-state index contributed by atoms with van der Waals surface area (Å²) in [6.07, 6.45) is 3.16. The zero-order valence-electron chi connectivity index (χ0n) is 12.0. The highest BCUT2D eigenvalue weighted by molar-refractivity contribution is 5.96. The van der Waals surface area contributed by atoms with Crippen LogP contribution in [0.2, 0.25) is 0 Å². The molecule has 2 heterocycles. The van der Waals surface area contributed by atoms with Gasteiger partial charge in [0.25, 0.3) is 5.91 Å². The number of hydrogen-bond acceptors (Lipinski definition) is 4. The zero-order chi connectivity index (χ0) is 13.8. The molecule has 0 bridgehead atoms. The molecule has 19 heavy (non-hydrogen) atoms. The van der Waals surface area contributed by atoms with E-state index in [4.69, 9.17) is 4.52 Å². The maximum Gasteiger partial charge on any atom is 0.259 e. The lowest BCUT2D eigenvalue weighted by Gasteiger charge is -2.34. The molecule has 1 aromatic rings. The van der Waals surface area contributed by atoms with Crippen molar-refractivity contribution in [2.24, 2.45) is 0 Å². The minimum atomic E-state index is 0.0619. The highest BCUT2D eigenvalue weighted by Crippen LogP contribution is 2.19. The van der Waals surface area contributed by atoms with E-state index < -0.39 is 0 Å². The summed E-state index contributed by atoms with van der Waals surface area (Å²) in [5.74, 6) is 0.680. The molecule has 1 saturated heterocycles. The molecule has 1 fully saturated rings. The van der Waals surface area contributed by atoms with Gasteiger partial charge < -0.3 is 14.7 Å². The lowest BCUT2D eigenvalue weighted by Crippen LogP contribution is -2.49. The van der Waals surface area contributed by atoms with Crippen molar-refractivity contribution in [1.82, 2.24) is 15.4 Å². The van der Waals surface area contributed by atoms with Crippen molar-refractivity contribution in [1.29, 1.82) is 0 Å². The number of nitrogens with one attached hydrogen (secondary N) is 1. The van der Waals surface area contributed by atoms with Gasteiger partial charge in [0.1, 0.15) is 11.3 Å². The second-order valence-corrected chi connectivity index (χ2v) is 5.20. The van der Waals surface area contributed by atoms with E-state index in [0.717, 1.165) is 38.9 Å². The molecule has 1 unspecified atom stereocenters.